The van der Waals surface area contributed by atoms with Gasteiger partial charge in [0.05, 0.1) is 30.4 Å². The largest absolute Gasteiger partial charge is 0.497 e. The maximum absolute atomic E-state index is 9.52. The van der Waals surface area contributed by atoms with Crippen molar-refractivity contribution in [2.75, 3.05) is 12.4 Å². The van der Waals surface area contributed by atoms with Crippen LogP contribution in [0.1, 0.15) is 25.7 Å². The van der Waals surface area contributed by atoms with Gasteiger partial charge in [-0.1, -0.05) is 0 Å². The van der Waals surface area contributed by atoms with Gasteiger partial charge in [0.25, 0.3) is 0 Å². The molecule has 0 atom stereocenters. The number of rotatable bonds is 3. The quantitative estimate of drug-likeness (QED) is 0.898. The minimum absolute atomic E-state index is 0.136. The van der Waals surface area contributed by atoms with Crippen LogP contribution in [-0.2, 0) is 0 Å². The molecule has 5 nitrogen and oxygen atoms in total. The predicted octanol–water partition coefficient (Wildman–Crippen LogP) is 2.35. The van der Waals surface area contributed by atoms with Gasteiger partial charge in [-0.2, -0.15) is 0 Å². The Hall–Kier alpha value is -1.88. The first-order valence-corrected chi connectivity index (χ1v) is 7.00. The van der Waals surface area contributed by atoms with E-state index in [4.69, 9.17) is 4.74 Å². The molecule has 1 aliphatic carbocycles. The molecule has 0 spiro atoms. The van der Waals surface area contributed by atoms with Gasteiger partial charge in [-0.05, 0) is 37.8 Å². The lowest BCUT2D eigenvalue weighted by atomic mass is 9.93. The van der Waals surface area contributed by atoms with E-state index in [0.717, 1.165) is 48.3 Å². The molecule has 1 aliphatic rings. The number of nitrogens with zero attached hydrogens (tertiary/aromatic N) is 2. The molecule has 0 radical (unpaired) electrons. The second kappa shape index (κ2) is 5.63. The Morgan fingerprint density at radius 2 is 2.00 bits per heavy atom. The minimum Gasteiger partial charge on any atom is -0.497 e. The van der Waals surface area contributed by atoms with E-state index in [1.807, 2.05) is 18.2 Å². The van der Waals surface area contributed by atoms with Gasteiger partial charge in [0, 0.05) is 12.1 Å². The number of nitrogens with one attached hydrogen (secondary N) is 1. The first-order chi connectivity index (χ1) is 9.74. The average molecular weight is 273 g/mol. The molecule has 106 valence electrons. The Balaban J connectivity index is 1.75. The van der Waals surface area contributed by atoms with Gasteiger partial charge < -0.3 is 15.2 Å². The van der Waals surface area contributed by atoms with E-state index in [2.05, 4.69) is 15.3 Å². The van der Waals surface area contributed by atoms with E-state index in [1.165, 1.54) is 0 Å². The summed E-state index contributed by atoms with van der Waals surface area (Å²) in [5.41, 5.74) is 1.68. The molecule has 0 bridgehead atoms. The maximum Gasteiger partial charge on any atom is 0.145 e. The standard InChI is InChI=1S/C15H19N3O2/c1-20-12-6-7-13-14(8-12)16-9-15(18-13)17-10-2-4-11(19)5-3-10/h6-11,19H,2-5H2,1H3,(H,17,18). The highest BCUT2D eigenvalue weighted by molar-refractivity contribution is 5.77. The summed E-state index contributed by atoms with van der Waals surface area (Å²) in [5, 5.41) is 12.9. The highest BCUT2D eigenvalue weighted by atomic mass is 16.5. The molecule has 2 aromatic rings. The maximum atomic E-state index is 9.52. The molecule has 3 rings (SSSR count). The summed E-state index contributed by atoms with van der Waals surface area (Å²) in [5.74, 6) is 1.58. The van der Waals surface area contributed by atoms with Gasteiger partial charge in [-0.25, -0.2) is 4.98 Å². The topological polar surface area (TPSA) is 67.3 Å². The molecule has 2 N–H and O–H groups in total. The molecule has 1 aromatic heterocycles. The lowest BCUT2D eigenvalue weighted by Crippen LogP contribution is -2.28. The summed E-state index contributed by atoms with van der Waals surface area (Å²) in [4.78, 5) is 8.99. The van der Waals surface area contributed by atoms with Crippen LogP contribution >= 0.6 is 0 Å². The summed E-state index contributed by atoms with van der Waals surface area (Å²) in [6, 6.07) is 6.06. The first kappa shape index (κ1) is 13.1. The third-order valence-electron chi connectivity index (χ3n) is 3.80. The van der Waals surface area contributed by atoms with Crippen LogP contribution < -0.4 is 10.1 Å². The van der Waals surface area contributed by atoms with Crippen molar-refractivity contribution in [3.05, 3.63) is 24.4 Å². The molecule has 1 aromatic carbocycles. The molecular formula is C15H19N3O2. The summed E-state index contributed by atoms with van der Waals surface area (Å²) in [6.45, 7) is 0. The average Bonchev–Trinajstić information content (AvgIpc) is 2.49. The normalized spacial score (nSPS) is 22.7. The van der Waals surface area contributed by atoms with Crippen molar-refractivity contribution < 1.29 is 9.84 Å². The molecular weight excluding hydrogens is 254 g/mol. The number of hydrogen-bond acceptors (Lipinski definition) is 5. The van der Waals surface area contributed by atoms with Crippen molar-refractivity contribution in [1.29, 1.82) is 0 Å². The molecule has 5 heteroatoms. The molecule has 1 saturated carbocycles. The fraction of sp³-hybridized carbons (Fsp3) is 0.467. The van der Waals surface area contributed by atoms with Gasteiger partial charge in [-0.3, -0.25) is 4.98 Å². The van der Waals surface area contributed by atoms with Crippen molar-refractivity contribution in [2.45, 2.75) is 37.8 Å². The zero-order valence-corrected chi connectivity index (χ0v) is 11.5. The Morgan fingerprint density at radius 1 is 1.20 bits per heavy atom. The van der Waals surface area contributed by atoms with Crippen LogP contribution in [0, 0.1) is 0 Å². The molecule has 20 heavy (non-hydrogen) atoms. The number of benzene rings is 1. The summed E-state index contributed by atoms with van der Waals surface area (Å²) in [6.07, 6.45) is 5.29. The Kier molecular flexibility index (Phi) is 3.69. The number of ether oxygens (including phenoxy) is 1. The Morgan fingerprint density at radius 3 is 2.75 bits per heavy atom. The van der Waals surface area contributed by atoms with Gasteiger partial charge in [0.1, 0.15) is 11.6 Å². The highest BCUT2D eigenvalue weighted by Gasteiger charge is 2.19. The van der Waals surface area contributed by atoms with Crippen molar-refractivity contribution in [2.24, 2.45) is 0 Å². The second-order valence-electron chi connectivity index (χ2n) is 5.26. The second-order valence-corrected chi connectivity index (χ2v) is 5.26. The summed E-state index contributed by atoms with van der Waals surface area (Å²) in [7, 11) is 1.64. The van der Waals surface area contributed by atoms with Crippen LogP contribution in [0.3, 0.4) is 0 Å². The first-order valence-electron chi connectivity index (χ1n) is 7.00. The third-order valence-corrected chi connectivity index (χ3v) is 3.80. The number of hydrogen-bond donors (Lipinski definition) is 2. The van der Waals surface area contributed by atoms with E-state index in [9.17, 15) is 5.11 Å². The molecule has 0 aliphatic heterocycles. The lowest BCUT2D eigenvalue weighted by molar-refractivity contribution is 0.126. The molecule has 0 unspecified atom stereocenters. The monoisotopic (exact) mass is 273 g/mol. The molecule has 1 heterocycles. The van der Waals surface area contributed by atoms with Crippen LogP contribution in [0.15, 0.2) is 24.4 Å². The lowest BCUT2D eigenvalue weighted by Gasteiger charge is -2.26. The van der Waals surface area contributed by atoms with Crippen molar-refractivity contribution in [3.63, 3.8) is 0 Å². The fourth-order valence-corrected chi connectivity index (χ4v) is 2.62. The van der Waals surface area contributed by atoms with E-state index >= 15 is 0 Å². The number of aliphatic hydroxyl groups is 1. The van der Waals surface area contributed by atoms with Crippen LogP contribution in [0.5, 0.6) is 5.75 Å². The van der Waals surface area contributed by atoms with Crippen molar-refractivity contribution >= 4 is 16.9 Å². The van der Waals surface area contributed by atoms with E-state index < -0.39 is 0 Å². The summed E-state index contributed by atoms with van der Waals surface area (Å²) < 4.78 is 5.18. The van der Waals surface area contributed by atoms with Crippen LogP contribution in [0.2, 0.25) is 0 Å². The fourth-order valence-electron chi connectivity index (χ4n) is 2.62. The van der Waals surface area contributed by atoms with Gasteiger partial charge in [0.15, 0.2) is 0 Å². The van der Waals surface area contributed by atoms with Gasteiger partial charge >= 0.3 is 0 Å². The van der Waals surface area contributed by atoms with Crippen LogP contribution in [-0.4, -0.2) is 34.3 Å². The molecule has 0 saturated heterocycles. The SMILES string of the molecule is COc1ccc2nc(NC3CCC(O)CC3)cnc2c1. The Labute approximate surface area is 118 Å². The minimum atomic E-state index is -0.136. The van der Waals surface area contributed by atoms with Crippen LogP contribution in [0.4, 0.5) is 5.82 Å². The predicted molar refractivity (Wildman–Crippen MR) is 78.0 cm³/mol. The van der Waals surface area contributed by atoms with E-state index in [-0.39, 0.29) is 6.10 Å². The van der Waals surface area contributed by atoms with Gasteiger partial charge in [-0.15, -0.1) is 0 Å². The third kappa shape index (κ3) is 2.82. The number of anilines is 1. The Bertz CT molecular complexity index is 595. The van der Waals surface area contributed by atoms with Gasteiger partial charge in [0.2, 0.25) is 0 Å². The van der Waals surface area contributed by atoms with Crippen LogP contribution in [0.25, 0.3) is 11.0 Å². The zero-order chi connectivity index (χ0) is 13.9. The molecule has 0 amide bonds. The smallest absolute Gasteiger partial charge is 0.145 e. The zero-order valence-electron chi connectivity index (χ0n) is 11.5. The highest BCUT2D eigenvalue weighted by Crippen LogP contribution is 2.23. The van der Waals surface area contributed by atoms with Crippen molar-refractivity contribution in [3.8, 4) is 5.75 Å². The van der Waals surface area contributed by atoms with E-state index in [0.29, 0.717) is 6.04 Å². The number of aliphatic hydroxyl groups excluding tert-OH is 1. The summed E-state index contributed by atoms with van der Waals surface area (Å²) >= 11 is 0. The number of aromatic nitrogens is 2. The number of fused-ring (bicyclic) bond motifs is 1. The number of methoxy groups -OCH3 is 1. The van der Waals surface area contributed by atoms with Crippen molar-refractivity contribution in [1.82, 2.24) is 9.97 Å². The molecule has 1 fully saturated rings. The van der Waals surface area contributed by atoms with E-state index in [1.54, 1.807) is 13.3 Å².